The van der Waals surface area contributed by atoms with Crippen LogP contribution in [0.5, 0.6) is 0 Å². The highest BCUT2D eigenvalue weighted by Gasteiger charge is 2.29. The van der Waals surface area contributed by atoms with E-state index in [0.29, 0.717) is 6.42 Å². The zero-order chi connectivity index (χ0) is 13.0. The lowest BCUT2D eigenvalue weighted by molar-refractivity contribution is -0.143. The summed E-state index contributed by atoms with van der Waals surface area (Å²) in [6.45, 7) is 6.83. The van der Waals surface area contributed by atoms with E-state index in [-0.39, 0.29) is 18.9 Å². The molecule has 0 spiro atoms. The van der Waals surface area contributed by atoms with Crippen LogP contribution in [0.15, 0.2) is 0 Å². The van der Waals surface area contributed by atoms with E-state index in [1.54, 1.807) is 13.8 Å². The van der Waals surface area contributed by atoms with Gasteiger partial charge in [0, 0.05) is 12.0 Å². The Balaban J connectivity index is 4.25. The molecule has 94 valence electrons. The molecule has 0 saturated heterocycles. The maximum Gasteiger partial charge on any atom is 0.306 e. The van der Waals surface area contributed by atoms with Gasteiger partial charge in [-0.2, -0.15) is 0 Å². The minimum absolute atomic E-state index is 0.0540. The van der Waals surface area contributed by atoms with Crippen molar-refractivity contribution in [3.63, 3.8) is 0 Å². The van der Waals surface area contributed by atoms with Crippen LogP contribution in [0.3, 0.4) is 0 Å². The molecule has 0 fully saturated rings. The van der Waals surface area contributed by atoms with Crippen LogP contribution in [0.2, 0.25) is 0 Å². The van der Waals surface area contributed by atoms with Crippen molar-refractivity contribution in [3.05, 3.63) is 0 Å². The van der Waals surface area contributed by atoms with Crippen molar-refractivity contribution >= 4 is 11.9 Å². The number of amides is 1. The van der Waals surface area contributed by atoms with Gasteiger partial charge >= 0.3 is 5.97 Å². The van der Waals surface area contributed by atoms with E-state index in [4.69, 9.17) is 5.11 Å². The molecule has 0 bridgehead atoms. The zero-order valence-corrected chi connectivity index (χ0v) is 10.3. The first kappa shape index (κ1) is 14.9. The minimum atomic E-state index is -1.41. The summed E-state index contributed by atoms with van der Waals surface area (Å²) in [4.78, 5) is 22.1. The lowest BCUT2D eigenvalue weighted by Gasteiger charge is -2.26. The molecule has 16 heavy (non-hydrogen) atoms. The Kier molecular flexibility index (Phi) is 4.93. The fraction of sp³-hybridized carbons (Fsp3) is 0.818. The average molecular weight is 231 g/mol. The molecule has 0 aromatic rings. The van der Waals surface area contributed by atoms with Gasteiger partial charge in [0.15, 0.2) is 0 Å². The molecule has 1 amide bonds. The van der Waals surface area contributed by atoms with Gasteiger partial charge in [0.05, 0.1) is 12.0 Å². The maximum atomic E-state index is 11.7. The lowest BCUT2D eigenvalue weighted by Crippen LogP contribution is -2.46. The number of nitrogens with one attached hydrogen (secondary N) is 1. The Labute approximate surface area is 95.9 Å². The first-order valence-electron chi connectivity index (χ1n) is 5.33. The van der Waals surface area contributed by atoms with Crippen molar-refractivity contribution in [2.45, 2.75) is 46.1 Å². The van der Waals surface area contributed by atoms with Gasteiger partial charge in [-0.05, 0) is 13.3 Å². The number of carbonyl (C=O) groups excluding carboxylic acids is 1. The minimum Gasteiger partial charge on any atom is -0.481 e. The molecular formula is C11H21NO4. The molecule has 0 aliphatic rings. The fourth-order valence-electron chi connectivity index (χ4n) is 1.06. The van der Waals surface area contributed by atoms with Crippen molar-refractivity contribution in [2.24, 2.45) is 5.41 Å². The van der Waals surface area contributed by atoms with Gasteiger partial charge in [0.2, 0.25) is 5.91 Å². The number of hydrogen-bond acceptors (Lipinski definition) is 3. The van der Waals surface area contributed by atoms with Crippen LogP contribution in [0.1, 0.15) is 40.5 Å². The van der Waals surface area contributed by atoms with Gasteiger partial charge < -0.3 is 15.5 Å². The van der Waals surface area contributed by atoms with Crippen LogP contribution in [0, 0.1) is 5.41 Å². The normalized spacial score (nSPS) is 15.3. The quantitative estimate of drug-likeness (QED) is 0.630. The maximum absolute atomic E-state index is 11.7. The molecule has 0 radical (unpaired) electrons. The number of aliphatic hydroxyl groups is 1. The van der Waals surface area contributed by atoms with Gasteiger partial charge in [0.25, 0.3) is 0 Å². The van der Waals surface area contributed by atoms with Crippen molar-refractivity contribution in [1.82, 2.24) is 5.32 Å². The predicted molar refractivity (Wildman–Crippen MR) is 60.0 cm³/mol. The standard InChI is InChI=1S/C11H21NO4/c1-5-10(2,3)9(15)12-7-11(4,16)6-8(13)14/h16H,5-7H2,1-4H3,(H,12,15)(H,13,14). The molecule has 0 saturated carbocycles. The summed E-state index contributed by atoms with van der Waals surface area (Å²) in [6.07, 6.45) is 0.291. The number of carboxylic acids is 1. The Hall–Kier alpha value is -1.10. The summed E-state index contributed by atoms with van der Waals surface area (Å²) in [5.41, 5.74) is -1.91. The number of rotatable bonds is 6. The van der Waals surface area contributed by atoms with E-state index in [1.165, 1.54) is 6.92 Å². The third kappa shape index (κ3) is 5.11. The van der Waals surface area contributed by atoms with Crippen molar-refractivity contribution < 1.29 is 19.8 Å². The molecule has 5 nitrogen and oxygen atoms in total. The van der Waals surface area contributed by atoms with Crippen LogP contribution in [-0.2, 0) is 9.59 Å². The Morgan fingerprint density at radius 3 is 2.12 bits per heavy atom. The van der Waals surface area contributed by atoms with Gasteiger partial charge in [-0.3, -0.25) is 9.59 Å². The first-order chi connectivity index (χ1) is 7.10. The van der Waals surface area contributed by atoms with Gasteiger partial charge in [0.1, 0.15) is 0 Å². The number of carboxylic acid groups (broad SMARTS) is 1. The molecule has 5 heteroatoms. The second-order valence-corrected chi connectivity index (χ2v) is 4.99. The number of carbonyl (C=O) groups is 2. The molecule has 0 aromatic carbocycles. The highest BCUT2D eigenvalue weighted by Crippen LogP contribution is 2.19. The predicted octanol–water partition coefficient (Wildman–Crippen LogP) is 0.764. The third-order valence-corrected chi connectivity index (χ3v) is 2.66. The van der Waals surface area contributed by atoms with Crippen LogP contribution in [0.25, 0.3) is 0 Å². The van der Waals surface area contributed by atoms with Gasteiger partial charge in [-0.1, -0.05) is 20.8 Å². The van der Waals surface area contributed by atoms with Crippen LogP contribution in [-0.4, -0.2) is 34.2 Å². The van der Waals surface area contributed by atoms with Crippen LogP contribution in [0.4, 0.5) is 0 Å². The monoisotopic (exact) mass is 231 g/mol. The average Bonchev–Trinajstić information content (AvgIpc) is 2.12. The third-order valence-electron chi connectivity index (χ3n) is 2.66. The second kappa shape index (κ2) is 5.30. The topological polar surface area (TPSA) is 86.6 Å². The van der Waals surface area contributed by atoms with E-state index >= 15 is 0 Å². The largest absolute Gasteiger partial charge is 0.481 e. The Morgan fingerprint density at radius 2 is 1.75 bits per heavy atom. The van der Waals surface area contributed by atoms with E-state index in [9.17, 15) is 14.7 Å². The zero-order valence-electron chi connectivity index (χ0n) is 10.3. The van der Waals surface area contributed by atoms with E-state index in [2.05, 4.69) is 5.32 Å². The van der Waals surface area contributed by atoms with Crippen molar-refractivity contribution in [3.8, 4) is 0 Å². The summed E-state index contributed by atoms with van der Waals surface area (Å²) in [5, 5.41) is 20.8. The summed E-state index contributed by atoms with van der Waals surface area (Å²) >= 11 is 0. The molecule has 3 N–H and O–H groups in total. The summed E-state index contributed by atoms with van der Waals surface area (Å²) in [6, 6.07) is 0. The highest BCUT2D eigenvalue weighted by atomic mass is 16.4. The summed E-state index contributed by atoms with van der Waals surface area (Å²) in [5.74, 6) is -1.27. The molecule has 0 aromatic heterocycles. The highest BCUT2D eigenvalue weighted by molar-refractivity contribution is 5.81. The SMILES string of the molecule is CCC(C)(C)C(=O)NCC(C)(O)CC(=O)O. The van der Waals surface area contributed by atoms with Crippen LogP contribution < -0.4 is 5.32 Å². The Bertz CT molecular complexity index is 271. The second-order valence-electron chi connectivity index (χ2n) is 4.99. The van der Waals surface area contributed by atoms with E-state index in [0.717, 1.165) is 0 Å². The van der Waals surface area contributed by atoms with Crippen LogP contribution >= 0.6 is 0 Å². The molecule has 1 unspecified atom stereocenters. The number of hydrogen-bond donors (Lipinski definition) is 3. The number of aliphatic carboxylic acids is 1. The first-order valence-corrected chi connectivity index (χ1v) is 5.33. The van der Waals surface area contributed by atoms with Gasteiger partial charge in [-0.15, -0.1) is 0 Å². The molecule has 0 aliphatic heterocycles. The van der Waals surface area contributed by atoms with Gasteiger partial charge in [-0.25, -0.2) is 0 Å². The summed E-state index contributed by atoms with van der Waals surface area (Å²) < 4.78 is 0. The van der Waals surface area contributed by atoms with Crippen molar-refractivity contribution in [2.75, 3.05) is 6.54 Å². The molecular weight excluding hydrogens is 210 g/mol. The molecule has 0 aliphatic carbocycles. The summed E-state index contributed by atoms with van der Waals surface area (Å²) in [7, 11) is 0. The van der Waals surface area contributed by atoms with Crippen molar-refractivity contribution in [1.29, 1.82) is 0 Å². The Morgan fingerprint density at radius 1 is 1.25 bits per heavy atom. The molecule has 0 heterocycles. The lowest BCUT2D eigenvalue weighted by atomic mass is 9.89. The molecule has 1 atom stereocenters. The van der Waals surface area contributed by atoms with E-state index in [1.807, 2.05) is 6.92 Å². The fourth-order valence-corrected chi connectivity index (χ4v) is 1.06. The van der Waals surface area contributed by atoms with E-state index < -0.39 is 17.0 Å². The molecule has 0 rings (SSSR count). The smallest absolute Gasteiger partial charge is 0.306 e.